The summed E-state index contributed by atoms with van der Waals surface area (Å²) < 4.78 is 11.2. The Morgan fingerprint density at radius 2 is 1.90 bits per heavy atom. The number of amides is 1. The van der Waals surface area contributed by atoms with Crippen molar-refractivity contribution in [2.75, 3.05) is 12.0 Å². The molecule has 1 amide bonds. The molecule has 3 rings (SSSR count). The van der Waals surface area contributed by atoms with Gasteiger partial charge in [-0.3, -0.25) is 4.79 Å². The van der Waals surface area contributed by atoms with Crippen molar-refractivity contribution in [3.63, 3.8) is 0 Å². The minimum Gasteiger partial charge on any atom is -0.493 e. The van der Waals surface area contributed by atoms with Gasteiger partial charge in [-0.15, -0.1) is 0 Å². The minimum absolute atomic E-state index is 0.0561. The van der Waals surface area contributed by atoms with Gasteiger partial charge in [0.2, 0.25) is 0 Å². The average molecular weight is 283 g/mol. The van der Waals surface area contributed by atoms with Gasteiger partial charge in [-0.25, -0.2) is 0 Å². The van der Waals surface area contributed by atoms with Gasteiger partial charge in [0.25, 0.3) is 5.91 Å². The highest BCUT2D eigenvalue weighted by Gasteiger charge is 2.30. The summed E-state index contributed by atoms with van der Waals surface area (Å²) in [7, 11) is 1.60. The summed E-state index contributed by atoms with van der Waals surface area (Å²) in [5.41, 5.74) is 1.81. The van der Waals surface area contributed by atoms with E-state index in [0.29, 0.717) is 18.0 Å². The van der Waals surface area contributed by atoms with Gasteiger partial charge in [-0.05, 0) is 25.1 Å². The highest BCUT2D eigenvalue weighted by molar-refractivity contribution is 5.97. The number of para-hydroxylation sites is 2. The Balaban J connectivity index is 2.06. The predicted octanol–water partition coefficient (Wildman–Crippen LogP) is 3.01. The molecule has 4 nitrogen and oxygen atoms in total. The van der Waals surface area contributed by atoms with Gasteiger partial charge >= 0.3 is 0 Å². The Kier molecular flexibility index (Phi) is 3.52. The number of carbonyl (C=O) groups is 1. The van der Waals surface area contributed by atoms with Gasteiger partial charge in [0.15, 0.2) is 17.6 Å². The van der Waals surface area contributed by atoms with Gasteiger partial charge in [-0.2, -0.15) is 0 Å². The van der Waals surface area contributed by atoms with Crippen LogP contribution < -0.4 is 14.4 Å². The number of rotatable bonds is 2. The molecule has 2 aromatic rings. The fourth-order valence-electron chi connectivity index (χ4n) is 2.50. The van der Waals surface area contributed by atoms with E-state index in [2.05, 4.69) is 0 Å². The minimum atomic E-state index is -0.553. The van der Waals surface area contributed by atoms with Crippen LogP contribution >= 0.6 is 0 Å². The summed E-state index contributed by atoms with van der Waals surface area (Å²) in [4.78, 5) is 14.3. The molecule has 0 radical (unpaired) electrons. The molecule has 21 heavy (non-hydrogen) atoms. The van der Waals surface area contributed by atoms with Crippen LogP contribution in [0.4, 0.5) is 5.69 Å². The fraction of sp³-hybridized carbons (Fsp3) is 0.235. The van der Waals surface area contributed by atoms with Crippen LogP contribution in [0.25, 0.3) is 0 Å². The molecule has 0 aromatic heterocycles. The second-order valence-corrected chi connectivity index (χ2v) is 4.97. The summed E-state index contributed by atoms with van der Waals surface area (Å²) >= 11 is 0. The SMILES string of the molecule is COc1cccc2c1O[C@@H](C)C(=O)N(c1ccccc1)C2. The third-order valence-corrected chi connectivity index (χ3v) is 3.59. The first kappa shape index (κ1) is 13.5. The molecule has 0 aliphatic carbocycles. The lowest BCUT2D eigenvalue weighted by molar-refractivity contribution is -0.124. The number of benzene rings is 2. The molecule has 4 heteroatoms. The zero-order valence-electron chi connectivity index (χ0n) is 12.1. The molecule has 0 saturated heterocycles. The molecule has 2 aromatic carbocycles. The first-order valence-corrected chi connectivity index (χ1v) is 6.89. The number of ether oxygens (including phenoxy) is 2. The van der Waals surface area contributed by atoms with Gasteiger partial charge in [0, 0.05) is 11.3 Å². The van der Waals surface area contributed by atoms with Crippen molar-refractivity contribution in [1.29, 1.82) is 0 Å². The summed E-state index contributed by atoms with van der Waals surface area (Å²) in [6, 6.07) is 15.3. The normalized spacial score (nSPS) is 17.7. The van der Waals surface area contributed by atoms with E-state index in [-0.39, 0.29) is 5.91 Å². The molecule has 1 aliphatic heterocycles. The van der Waals surface area contributed by atoms with E-state index in [4.69, 9.17) is 9.47 Å². The van der Waals surface area contributed by atoms with Crippen LogP contribution in [-0.4, -0.2) is 19.1 Å². The van der Waals surface area contributed by atoms with E-state index in [0.717, 1.165) is 11.3 Å². The lowest BCUT2D eigenvalue weighted by Gasteiger charge is -2.22. The van der Waals surface area contributed by atoms with Crippen LogP contribution in [0, 0.1) is 0 Å². The van der Waals surface area contributed by atoms with Crippen molar-refractivity contribution < 1.29 is 14.3 Å². The Morgan fingerprint density at radius 3 is 2.62 bits per heavy atom. The van der Waals surface area contributed by atoms with Crippen molar-refractivity contribution >= 4 is 11.6 Å². The van der Waals surface area contributed by atoms with E-state index in [9.17, 15) is 4.79 Å². The summed E-state index contributed by atoms with van der Waals surface area (Å²) in [5.74, 6) is 1.25. The quantitative estimate of drug-likeness (QED) is 0.850. The Hall–Kier alpha value is -2.49. The predicted molar refractivity (Wildman–Crippen MR) is 80.7 cm³/mol. The van der Waals surface area contributed by atoms with Crippen molar-refractivity contribution in [3.8, 4) is 11.5 Å². The molecular formula is C17H17NO3. The number of hydrogen-bond donors (Lipinski definition) is 0. The molecule has 0 bridgehead atoms. The lowest BCUT2D eigenvalue weighted by Crippen LogP contribution is -2.37. The summed E-state index contributed by atoms with van der Waals surface area (Å²) in [6.45, 7) is 2.24. The topological polar surface area (TPSA) is 38.8 Å². The van der Waals surface area contributed by atoms with Crippen LogP contribution in [0.3, 0.4) is 0 Å². The number of fused-ring (bicyclic) bond motifs is 1. The van der Waals surface area contributed by atoms with Crippen molar-refractivity contribution in [3.05, 3.63) is 54.1 Å². The number of methoxy groups -OCH3 is 1. The molecule has 1 heterocycles. The zero-order valence-corrected chi connectivity index (χ0v) is 12.1. The first-order chi connectivity index (χ1) is 10.2. The number of nitrogens with zero attached hydrogens (tertiary/aromatic N) is 1. The number of anilines is 1. The Morgan fingerprint density at radius 1 is 1.14 bits per heavy atom. The third kappa shape index (κ3) is 2.44. The van der Waals surface area contributed by atoms with Crippen LogP contribution in [0.1, 0.15) is 12.5 Å². The first-order valence-electron chi connectivity index (χ1n) is 6.89. The van der Waals surface area contributed by atoms with Crippen LogP contribution in [0.2, 0.25) is 0 Å². The number of carbonyl (C=O) groups excluding carboxylic acids is 1. The van der Waals surface area contributed by atoms with Crippen LogP contribution in [0.15, 0.2) is 48.5 Å². The second-order valence-electron chi connectivity index (χ2n) is 4.97. The molecular weight excluding hydrogens is 266 g/mol. The molecule has 0 fully saturated rings. The average Bonchev–Trinajstić information content (AvgIpc) is 2.65. The summed E-state index contributed by atoms with van der Waals surface area (Å²) in [5, 5.41) is 0. The molecule has 1 atom stereocenters. The summed E-state index contributed by atoms with van der Waals surface area (Å²) in [6.07, 6.45) is -0.553. The Labute approximate surface area is 123 Å². The maximum Gasteiger partial charge on any atom is 0.268 e. The van der Waals surface area contributed by atoms with E-state index in [1.807, 2.05) is 48.5 Å². The number of hydrogen-bond acceptors (Lipinski definition) is 3. The smallest absolute Gasteiger partial charge is 0.268 e. The monoisotopic (exact) mass is 283 g/mol. The van der Waals surface area contributed by atoms with Gasteiger partial charge in [-0.1, -0.05) is 30.3 Å². The highest BCUT2D eigenvalue weighted by Crippen LogP contribution is 2.36. The van der Waals surface area contributed by atoms with Gasteiger partial charge in [0.05, 0.1) is 13.7 Å². The highest BCUT2D eigenvalue weighted by atomic mass is 16.5. The van der Waals surface area contributed by atoms with Gasteiger partial charge < -0.3 is 14.4 Å². The molecule has 1 aliphatic rings. The van der Waals surface area contributed by atoms with E-state index < -0.39 is 6.10 Å². The van der Waals surface area contributed by atoms with E-state index >= 15 is 0 Å². The standard InChI is InChI=1S/C17H17NO3/c1-12-17(19)18(14-8-4-3-5-9-14)11-13-7-6-10-15(20-2)16(13)21-12/h3-10,12H,11H2,1-2H3/t12-/m0/s1. The van der Waals surface area contributed by atoms with E-state index in [1.165, 1.54) is 0 Å². The van der Waals surface area contributed by atoms with Crippen molar-refractivity contribution in [2.24, 2.45) is 0 Å². The zero-order chi connectivity index (χ0) is 14.8. The Bertz CT molecular complexity index is 654. The lowest BCUT2D eigenvalue weighted by atomic mass is 10.1. The van der Waals surface area contributed by atoms with Crippen LogP contribution in [0.5, 0.6) is 11.5 Å². The molecule has 108 valence electrons. The van der Waals surface area contributed by atoms with Crippen molar-refractivity contribution in [2.45, 2.75) is 19.6 Å². The molecule has 0 spiro atoms. The maximum absolute atomic E-state index is 12.6. The van der Waals surface area contributed by atoms with Gasteiger partial charge in [0.1, 0.15) is 0 Å². The maximum atomic E-state index is 12.6. The largest absolute Gasteiger partial charge is 0.493 e. The van der Waals surface area contributed by atoms with Crippen LogP contribution in [-0.2, 0) is 11.3 Å². The van der Waals surface area contributed by atoms with Crippen molar-refractivity contribution in [1.82, 2.24) is 0 Å². The molecule has 0 N–H and O–H groups in total. The molecule has 0 saturated carbocycles. The third-order valence-electron chi connectivity index (χ3n) is 3.59. The fourth-order valence-corrected chi connectivity index (χ4v) is 2.50. The second kappa shape index (κ2) is 5.48. The molecule has 0 unspecified atom stereocenters. The van der Waals surface area contributed by atoms with E-state index in [1.54, 1.807) is 18.9 Å².